The maximum Gasteiger partial charge on any atom is 0.176 e. The van der Waals surface area contributed by atoms with Crippen molar-refractivity contribution in [2.24, 2.45) is 7.05 Å². The van der Waals surface area contributed by atoms with Crippen LogP contribution in [0.4, 0.5) is 0 Å². The van der Waals surface area contributed by atoms with Gasteiger partial charge in [0.05, 0.1) is 7.05 Å². The molecule has 0 radical (unpaired) electrons. The molecule has 2 heterocycles. The number of rotatable bonds is 6. The first-order valence-electron chi connectivity index (χ1n) is 6.74. The summed E-state index contributed by atoms with van der Waals surface area (Å²) in [6, 6.07) is 0.439. The molecule has 1 aromatic heterocycles. The van der Waals surface area contributed by atoms with E-state index in [1.54, 1.807) is 0 Å². The molecule has 6 heteroatoms. The van der Waals surface area contributed by atoms with E-state index in [9.17, 15) is 0 Å². The van der Waals surface area contributed by atoms with Gasteiger partial charge in [0.15, 0.2) is 5.82 Å². The summed E-state index contributed by atoms with van der Waals surface area (Å²) in [6.45, 7) is 5.63. The molecule has 1 fully saturated rings. The Labute approximate surface area is 113 Å². The number of thioether (sulfide) groups is 1. The molecular weight excluding hydrogens is 246 g/mol. The van der Waals surface area contributed by atoms with E-state index in [0.717, 1.165) is 25.2 Å². The zero-order valence-corrected chi connectivity index (χ0v) is 12.3. The van der Waals surface area contributed by atoms with Gasteiger partial charge in [-0.25, -0.2) is 0 Å². The Hall–Kier alpha value is -0.620. The molecular formula is C12H23N5S. The van der Waals surface area contributed by atoms with Gasteiger partial charge in [0.2, 0.25) is 0 Å². The second-order valence-electron chi connectivity index (χ2n) is 5.17. The van der Waals surface area contributed by atoms with Crippen LogP contribution in [-0.4, -0.2) is 43.3 Å². The molecule has 0 aromatic carbocycles. The molecule has 0 bridgehead atoms. The molecule has 0 saturated carbocycles. The largest absolute Gasteiger partial charge is 0.312 e. The standard InChI is InChI=1S/C12H23N5S/c1-4-7-13-10(12(2)6-5-8-18-12)9-11-14-16-17(3)15-11/h10,13H,4-9H2,1-3H3. The van der Waals surface area contributed by atoms with Crippen molar-refractivity contribution in [3.8, 4) is 0 Å². The fraction of sp³-hybridized carbons (Fsp3) is 0.917. The summed E-state index contributed by atoms with van der Waals surface area (Å²) in [7, 11) is 1.82. The molecule has 1 N–H and O–H groups in total. The second-order valence-corrected chi connectivity index (χ2v) is 6.80. The van der Waals surface area contributed by atoms with Crippen LogP contribution in [0.5, 0.6) is 0 Å². The predicted octanol–water partition coefficient (Wildman–Crippen LogP) is 1.41. The third-order valence-corrected chi connectivity index (χ3v) is 5.20. The molecule has 2 unspecified atom stereocenters. The van der Waals surface area contributed by atoms with Crippen molar-refractivity contribution in [2.45, 2.75) is 50.3 Å². The Bertz CT molecular complexity index is 372. The van der Waals surface area contributed by atoms with Gasteiger partial charge in [-0.1, -0.05) is 6.92 Å². The summed E-state index contributed by atoms with van der Waals surface area (Å²) < 4.78 is 0.314. The van der Waals surface area contributed by atoms with E-state index in [1.165, 1.54) is 23.4 Å². The first kappa shape index (κ1) is 13.8. The Morgan fingerprint density at radius 2 is 2.39 bits per heavy atom. The minimum Gasteiger partial charge on any atom is -0.312 e. The highest BCUT2D eigenvalue weighted by Gasteiger charge is 2.38. The fourth-order valence-corrected chi connectivity index (χ4v) is 3.90. The number of hydrogen-bond acceptors (Lipinski definition) is 5. The molecule has 2 rings (SSSR count). The summed E-state index contributed by atoms with van der Waals surface area (Å²) in [5, 5.41) is 16.0. The quantitative estimate of drug-likeness (QED) is 0.846. The molecule has 18 heavy (non-hydrogen) atoms. The molecule has 1 aromatic rings. The van der Waals surface area contributed by atoms with Crippen LogP contribution in [0.1, 0.15) is 38.9 Å². The van der Waals surface area contributed by atoms with E-state index in [2.05, 4.69) is 46.3 Å². The summed E-state index contributed by atoms with van der Waals surface area (Å²) >= 11 is 2.08. The molecule has 2 atom stereocenters. The minimum atomic E-state index is 0.314. The Morgan fingerprint density at radius 3 is 2.94 bits per heavy atom. The van der Waals surface area contributed by atoms with Crippen LogP contribution in [0, 0.1) is 0 Å². The maximum absolute atomic E-state index is 4.31. The average Bonchev–Trinajstić information content (AvgIpc) is 2.94. The smallest absolute Gasteiger partial charge is 0.176 e. The first-order chi connectivity index (χ1) is 8.64. The Balaban J connectivity index is 2.04. The summed E-state index contributed by atoms with van der Waals surface area (Å²) in [6.07, 6.45) is 4.63. The lowest BCUT2D eigenvalue weighted by Gasteiger charge is -2.33. The lowest BCUT2D eigenvalue weighted by Crippen LogP contribution is -2.47. The average molecular weight is 269 g/mol. The van der Waals surface area contributed by atoms with Gasteiger partial charge in [-0.05, 0) is 43.7 Å². The number of nitrogens with one attached hydrogen (secondary N) is 1. The van der Waals surface area contributed by atoms with E-state index >= 15 is 0 Å². The van der Waals surface area contributed by atoms with Crippen LogP contribution in [0.2, 0.25) is 0 Å². The SMILES string of the molecule is CCCNC(Cc1nnn(C)n1)C1(C)CCCS1. The van der Waals surface area contributed by atoms with Crippen molar-refractivity contribution in [3.63, 3.8) is 0 Å². The molecule has 102 valence electrons. The molecule has 1 saturated heterocycles. The fourth-order valence-electron chi connectivity index (χ4n) is 2.49. The van der Waals surface area contributed by atoms with Gasteiger partial charge < -0.3 is 5.32 Å². The van der Waals surface area contributed by atoms with Crippen LogP contribution in [0.25, 0.3) is 0 Å². The van der Waals surface area contributed by atoms with Gasteiger partial charge in [-0.15, -0.1) is 10.2 Å². The van der Waals surface area contributed by atoms with Gasteiger partial charge in [0.1, 0.15) is 0 Å². The van der Waals surface area contributed by atoms with Crippen LogP contribution >= 0.6 is 11.8 Å². The molecule has 1 aliphatic rings. The molecule has 1 aliphatic heterocycles. The summed E-state index contributed by atoms with van der Waals surface area (Å²) in [4.78, 5) is 1.54. The van der Waals surface area contributed by atoms with Crippen LogP contribution in [-0.2, 0) is 13.5 Å². The first-order valence-corrected chi connectivity index (χ1v) is 7.73. The van der Waals surface area contributed by atoms with Gasteiger partial charge in [0, 0.05) is 17.2 Å². The van der Waals surface area contributed by atoms with E-state index in [-0.39, 0.29) is 0 Å². The van der Waals surface area contributed by atoms with E-state index in [4.69, 9.17) is 0 Å². The van der Waals surface area contributed by atoms with Crippen molar-refractivity contribution < 1.29 is 0 Å². The van der Waals surface area contributed by atoms with Gasteiger partial charge in [-0.2, -0.15) is 16.6 Å². The monoisotopic (exact) mass is 269 g/mol. The van der Waals surface area contributed by atoms with Crippen molar-refractivity contribution in [1.82, 2.24) is 25.5 Å². The highest BCUT2D eigenvalue weighted by molar-refractivity contribution is 8.00. The van der Waals surface area contributed by atoms with Gasteiger partial charge >= 0.3 is 0 Å². The zero-order chi connectivity index (χ0) is 13.0. The lowest BCUT2D eigenvalue weighted by atomic mass is 9.93. The molecule has 0 aliphatic carbocycles. The second kappa shape index (κ2) is 6.02. The third kappa shape index (κ3) is 3.23. The maximum atomic E-state index is 4.31. The van der Waals surface area contributed by atoms with Crippen LogP contribution in [0.3, 0.4) is 0 Å². The minimum absolute atomic E-state index is 0.314. The van der Waals surface area contributed by atoms with Gasteiger partial charge in [-0.3, -0.25) is 0 Å². The molecule has 0 amide bonds. The van der Waals surface area contributed by atoms with Crippen molar-refractivity contribution in [2.75, 3.05) is 12.3 Å². The van der Waals surface area contributed by atoms with E-state index in [0.29, 0.717) is 10.8 Å². The normalized spacial score (nSPS) is 25.5. The number of aromatic nitrogens is 4. The van der Waals surface area contributed by atoms with Crippen LogP contribution < -0.4 is 5.32 Å². The molecule has 0 spiro atoms. The van der Waals surface area contributed by atoms with Crippen molar-refractivity contribution in [3.05, 3.63) is 5.82 Å². The summed E-state index contributed by atoms with van der Waals surface area (Å²) in [5.74, 6) is 2.12. The predicted molar refractivity (Wildman–Crippen MR) is 74.7 cm³/mol. The summed E-state index contributed by atoms with van der Waals surface area (Å²) in [5.41, 5.74) is 0. The van der Waals surface area contributed by atoms with E-state index in [1.807, 2.05) is 7.05 Å². The highest BCUT2D eigenvalue weighted by Crippen LogP contribution is 2.41. The topological polar surface area (TPSA) is 55.6 Å². The number of tetrazole rings is 1. The van der Waals surface area contributed by atoms with E-state index < -0.39 is 0 Å². The van der Waals surface area contributed by atoms with Crippen LogP contribution in [0.15, 0.2) is 0 Å². The third-order valence-electron chi connectivity index (χ3n) is 3.56. The Morgan fingerprint density at radius 1 is 1.56 bits per heavy atom. The molecule has 5 nitrogen and oxygen atoms in total. The van der Waals surface area contributed by atoms with Gasteiger partial charge in [0.25, 0.3) is 0 Å². The number of nitrogens with zero attached hydrogens (tertiary/aromatic N) is 4. The number of aryl methyl sites for hydroxylation is 1. The number of hydrogen-bond donors (Lipinski definition) is 1. The Kier molecular flexibility index (Phi) is 4.61. The van der Waals surface area contributed by atoms with Crippen molar-refractivity contribution in [1.29, 1.82) is 0 Å². The lowest BCUT2D eigenvalue weighted by molar-refractivity contribution is 0.393. The van der Waals surface area contributed by atoms with Crippen molar-refractivity contribution >= 4 is 11.8 Å². The highest BCUT2D eigenvalue weighted by atomic mass is 32.2. The zero-order valence-electron chi connectivity index (χ0n) is 11.5.